The molecule has 4 rings (SSSR count). The number of hydrogen-bond acceptors (Lipinski definition) is 7. The molecule has 0 heterocycles. The Morgan fingerprint density at radius 2 is 1.76 bits per heavy atom. The Morgan fingerprint density at radius 3 is 2.21 bits per heavy atom. The van der Waals surface area contributed by atoms with Gasteiger partial charge in [0.05, 0.1) is 18.3 Å². The van der Waals surface area contributed by atoms with Crippen LogP contribution >= 0.6 is 0 Å². The van der Waals surface area contributed by atoms with Crippen molar-refractivity contribution in [3.63, 3.8) is 0 Å². The van der Waals surface area contributed by atoms with Crippen molar-refractivity contribution >= 4 is 41.3 Å². The molecule has 0 radical (unpaired) electrons. The topological polar surface area (TPSA) is 156 Å². The summed E-state index contributed by atoms with van der Waals surface area (Å²) in [6, 6.07) is 0. The molecule has 0 amide bonds. The van der Waals surface area contributed by atoms with Crippen molar-refractivity contribution < 1.29 is 40.2 Å². The number of carboxylic acids is 1. The van der Waals surface area contributed by atoms with Crippen molar-refractivity contribution in [2.24, 2.45) is 29.1 Å². The van der Waals surface area contributed by atoms with Crippen LogP contribution in [0.5, 0.6) is 0 Å². The molecule has 4 aliphatic rings. The Balaban J connectivity index is 0.000000491. The van der Waals surface area contributed by atoms with Crippen LogP contribution in [-0.2, 0) is 9.59 Å². The monoisotopic (exact) mass is 476 g/mol. The maximum atomic E-state index is 12.7. The molecule has 2 saturated carbocycles. The van der Waals surface area contributed by atoms with E-state index < -0.39 is 63.7 Å². The molecule has 182 valence electrons. The second kappa shape index (κ2) is 9.13. The van der Waals surface area contributed by atoms with Crippen LogP contribution in [0.2, 0.25) is 0 Å². The molecule has 0 unspecified atom stereocenters. The molecule has 0 saturated heterocycles. The van der Waals surface area contributed by atoms with Crippen LogP contribution in [0.3, 0.4) is 0 Å². The van der Waals surface area contributed by atoms with Crippen molar-refractivity contribution in [2.45, 2.75) is 76.8 Å². The Bertz CT molecular complexity index is 882. The number of Topliss-reactive ketones (excluding diaryl/α,β-unsaturated/α-hetero) is 1. The zero-order valence-electron chi connectivity index (χ0n) is 19.4. The fourth-order valence-corrected chi connectivity index (χ4v) is 6.66. The number of rotatable bonds is 3. The van der Waals surface area contributed by atoms with Crippen LogP contribution in [0.25, 0.3) is 0 Å². The van der Waals surface area contributed by atoms with Crippen molar-refractivity contribution in [1.82, 2.24) is 0 Å². The van der Waals surface area contributed by atoms with Gasteiger partial charge in [0, 0.05) is 41.9 Å². The van der Waals surface area contributed by atoms with Gasteiger partial charge in [-0.05, 0) is 24.5 Å². The van der Waals surface area contributed by atoms with Gasteiger partial charge < -0.3 is 30.6 Å². The molecule has 0 aromatic rings. The Labute approximate surface area is 216 Å². The zero-order valence-corrected chi connectivity index (χ0v) is 19.4. The number of carboxylic acid groups (broad SMARTS) is 1. The third kappa shape index (κ3) is 3.82. The van der Waals surface area contributed by atoms with Gasteiger partial charge in [-0.15, -0.1) is 0 Å². The summed E-state index contributed by atoms with van der Waals surface area (Å²) in [5.74, 6) is -3.85. The van der Waals surface area contributed by atoms with E-state index in [4.69, 9.17) is 5.11 Å². The summed E-state index contributed by atoms with van der Waals surface area (Å²) in [6.07, 6.45) is 3.11. The third-order valence-corrected chi connectivity index (χ3v) is 8.51. The van der Waals surface area contributed by atoms with Crippen molar-refractivity contribution in [1.29, 1.82) is 0 Å². The summed E-state index contributed by atoms with van der Waals surface area (Å²) in [5, 5.41) is 62.9. The first kappa shape index (κ1) is 28.7. The summed E-state index contributed by atoms with van der Waals surface area (Å²) in [5.41, 5.74) is -4.57. The number of aliphatic hydroxyl groups is 5. The molecule has 4 aliphatic carbocycles. The van der Waals surface area contributed by atoms with E-state index in [1.807, 2.05) is 20.8 Å². The van der Waals surface area contributed by atoms with E-state index in [0.29, 0.717) is 17.6 Å². The molecule has 8 nitrogen and oxygen atoms in total. The third-order valence-electron chi connectivity index (χ3n) is 8.51. The van der Waals surface area contributed by atoms with Crippen LogP contribution in [-0.4, -0.2) is 101 Å². The average Bonchev–Trinajstić information content (AvgIpc) is 3.11. The van der Waals surface area contributed by atoms with Gasteiger partial charge in [-0.25, -0.2) is 0 Å². The zero-order chi connectivity index (χ0) is 24.4. The fraction of sp³-hybridized carbons (Fsp3) is 0.750. The van der Waals surface area contributed by atoms with Crippen molar-refractivity contribution in [3.05, 3.63) is 23.3 Å². The van der Waals surface area contributed by atoms with Gasteiger partial charge in [0.2, 0.25) is 0 Å². The summed E-state index contributed by atoms with van der Waals surface area (Å²) >= 11 is 0. The number of fused-ring (bicyclic) bond motifs is 5. The summed E-state index contributed by atoms with van der Waals surface area (Å²) in [4.78, 5) is 22.3. The van der Waals surface area contributed by atoms with Crippen LogP contribution < -0.4 is 0 Å². The van der Waals surface area contributed by atoms with Crippen LogP contribution in [0.1, 0.15) is 53.9 Å². The first-order valence-corrected chi connectivity index (χ1v) is 11.3. The molecule has 0 aromatic carbocycles. The number of carbonyl (C=O) groups excluding carboxylic acids is 1. The molecule has 0 aromatic heterocycles. The minimum absolute atomic E-state index is 0. The number of ketones is 1. The normalized spacial score (nSPS) is 44.4. The van der Waals surface area contributed by atoms with Crippen molar-refractivity contribution in [2.75, 3.05) is 6.61 Å². The quantitative estimate of drug-likeness (QED) is 0.248. The Kier molecular flexibility index (Phi) is 7.93. The van der Waals surface area contributed by atoms with Gasteiger partial charge >= 0.3 is 35.5 Å². The molecule has 9 heteroatoms. The molecular weight excluding hydrogens is 439 g/mol. The second-order valence-electron chi connectivity index (χ2n) is 10.6. The molecule has 33 heavy (non-hydrogen) atoms. The standard InChI is InChI=1S/C20H28O6.C4H8O2.Na.H/c1-9-5-13-18(24,15(9)22)7-11(8-21)6-12-14-17(3,4)20(14,26)16(23)10(2)19(12,13)25;1-2-3-4(5)6;;/h5-6,10,12-14,16,21,23-26H,7-8H2,1-4H3;2-3H2,1H3,(H,5,6);;/t10-,12+,13-,14-,16-,18+,19+,20+;;;/m1.../s1. The molecule has 0 aliphatic heterocycles. The molecule has 6 N–H and O–H groups in total. The van der Waals surface area contributed by atoms with Gasteiger partial charge in [-0.2, -0.15) is 0 Å². The number of aliphatic carboxylic acids is 1. The van der Waals surface area contributed by atoms with Crippen LogP contribution in [0.15, 0.2) is 23.3 Å². The first-order valence-electron chi connectivity index (χ1n) is 11.3. The van der Waals surface area contributed by atoms with Gasteiger partial charge in [-0.1, -0.05) is 39.8 Å². The molecule has 2 fully saturated rings. The SMILES string of the molecule is CC1=C[C@H]2[C@]3(O)[C@H](C)[C@@H](O)[C@@]4(O)[C@H]([C@@H]3C=C(CO)C[C@@]2(O)C1=O)C4(C)C.CCCC(=O)O.[NaH]. The Morgan fingerprint density at radius 1 is 1.18 bits per heavy atom. The second-order valence-corrected chi connectivity index (χ2v) is 10.6. The summed E-state index contributed by atoms with van der Waals surface area (Å²) in [7, 11) is 0. The van der Waals surface area contributed by atoms with Crippen LogP contribution in [0.4, 0.5) is 0 Å². The van der Waals surface area contributed by atoms with Crippen LogP contribution in [0, 0.1) is 29.1 Å². The predicted molar refractivity (Wildman–Crippen MR) is 123 cm³/mol. The number of hydrogen-bond donors (Lipinski definition) is 6. The maximum absolute atomic E-state index is 12.7. The predicted octanol–water partition coefficient (Wildman–Crippen LogP) is 0.153. The fourth-order valence-electron chi connectivity index (χ4n) is 6.66. The van der Waals surface area contributed by atoms with Gasteiger partial charge in [0.25, 0.3) is 0 Å². The van der Waals surface area contributed by atoms with Gasteiger partial charge in [-0.3, -0.25) is 9.59 Å². The molecule has 8 atom stereocenters. The summed E-state index contributed by atoms with van der Waals surface area (Å²) in [6.45, 7) is 8.47. The average molecular weight is 477 g/mol. The molecule has 0 bridgehead atoms. The van der Waals surface area contributed by atoms with E-state index in [0.717, 1.165) is 6.42 Å². The van der Waals surface area contributed by atoms with E-state index >= 15 is 0 Å². The summed E-state index contributed by atoms with van der Waals surface area (Å²) < 4.78 is 0. The van der Waals surface area contributed by atoms with E-state index in [1.165, 1.54) is 0 Å². The van der Waals surface area contributed by atoms with E-state index in [-0.39, 0.29) is 42.6 Å². The van der Waals surface area contributed by atoms with E-state index in [9.17, 15) is 35.1 Å². The molecule has 0 spiro atoms. The van der Waals surface area contributed by atoms with E-state index in [2.05, 4.69) is 0 Å². The molecular formula is C24H37NaO8. The first-order chi connectivity index (χ1) is 14.6. The van der Waals surface area contributed by atoms with Gasteiger partial charge in [0.1, 0.15) is 11.2 Å². The van der Waals surface area contributed by atoms with Crippen molar-refractivity contribution in [3.8, 4) is 0 Å². The number of carbonyl (C=O) groups is 2. The minimum atomic E-state index is -1.84. The van der Waals surface area contributed by atoms with Gasteiger partial charge in [0.15, 0.2) is 5.78 Å². The Hall–Kier alpha value is -0.580. The van der Waals surface area contributed by atoms with E-state index in [1.54, 1.807) is 26.0 Å². The number of aliphatic hydroxyl groups excluding tert-OH is 2.